The molecule has 0 heterocycles. The van der Waals surface area contributed by atoms with Crippen molar-refractivity contribution >= 4 is 206 Å². The molecule has 3 aromatic carbocycles. The predicted molar refractivity (Wildman–Crippen MR) is 483 cm³/mol. The van der Waals surface area contributed by atoms with E-state index in [-0.39, 0.29) is 78.9 Å². The smallest absolute Gasteiger partial charge is 0.344 e. The quantitative estimate of drug-likeness (QED) is 0.0126. The second kappa shape index (κ2) is 54.3. The summed E-state index contributed by atoms with van der Waals surface area (Å²) in [6.07, 6.45) is -5.91. The second-order valence-electron chi connectivity index (χ2n) is 28.5. The number of carbonyl (C=O) groups is 8. The number of methoxy groups -OCH3 is 3. The maximum Gasteiger partial charge on any atom is -0.344 e. The summed E-state index contributed by atoms with van der Waals surface area (Å²) in [7, 11) is 2.81. The van der Waals surface area contributed by atoms with Gasteiger partial charge < -0.3 is 61.5 Å². The monoisotopic (exact) mass is 2520 g/mol. The fourth-order valence-electron chi connectivity index (χ4n) is 9.92. The molecular weight excluding hydrogens is 2410 g/mol. The first-order valence-electron chi connectivity index (χ1n) is 33.3. The van der Waals surface area contributed by atoms with E-state index in [0.29, 0.717) is 32.1 Å². The number of ether oxygens (including phenoxy) is 5. The number of nitrogens with two attached hydrogens (primary N) is 1. The number of hydrogen-bond acceptors (Lipinski definition) is 17. The SMILES string of the molecule is CC[C@H](O)[C@@H](CC(=O)OC(C)(C)C)Cc1ccc(I)cc1.CC[C@H](O)[C@@H](CC(=O)[C@@H](NC(=O)OC)C(C)(C)C(F)(F)F)Cc1ccc(I)cc1.COC(=O)C[C@H](C(=O)NCC[C@H](O)[C@@H](CC(=O)OC(C)(C)C)Cc1ccc(I)cc1)C(C)(C)CF.COC(=O)C[C@H](C(N)=O)C(C)(C)CF.II(I)I(I)I.N. The Bertz CT molecular complexity index is 3090. The van der Waals surface area contributed by atoms with Gasteiger partial charge in [0.2, 0.25) is 11.8 Å². The molecule has 0 aliphatic heterocycles. The molecule has 0 aromatic heterocycles. The fourth-order valence-corrected chi connectivity index (χ4v) is 11.0. The van der Waals surface area contributed by atoms with Crippen molar-refractivity contribution in [1.82, 2.24) is 16.8 Å². The van der Waals surface area contributed by atoms with E-state index in [4.69, 9.17) is 15.2 Å². The number of Topliss-reactive ketones (excluding diaryl/α,β-unsaturated/α-hetero) is 1. The number of benzene rings is 3. The number of aliphatic hydroxyl groups excluding tert-OH is 3. The van der Waals surface area contributed by atoms with Crippen LogP contribution in [0.25, 0.3) is 0 Å². The zero-order chi connectivity index (χ0) is 81.8. The molecule has 3 rings (SSSR count). The van der Waals surface area contributed by atoms with Gasteiger partial charge in [0.05, 0.1) is 95.9 Å². The molecule has 0 aliphatic rings. The Morgan fingerprint density at radius 2 is 0.821 bits per heavy atom. The first-order chi connectivity index (χ1) is 48.2. The van der Waals surface area contributed by atoms with Crippen molar-refractivity contribution in [2.24, 2.45) is 51.6 Å². The van der Waals surface area contributed by atoms with E-state index in [1.165, 1.54) is 17.8 Å². The Labute approximate surface area is 714 Å². The van der Waals surface area contributed by atoms with Crippen LogP contribution >= 0.6 is 158 Å². The van der Waals surface area contributed by atoms with Crippen LogP contribution in [0.3, 0.4) is 0 Å². The van der Waals surface area contributed by atoms with Crippen molar-refractivity contribution < 1.29 is 99.3 Å². The molecule has 0 fully saturated rings. The zero-order valence-electron chi connectivity index (χ0n) is 63.2. The van der Waals surface area contributed by atoms with Gasteiger partial charge in [0.25, 0.3) is 0 Å². The molecular formula is C72H110F5I9N4O16. The van der Waals surface area contributed by atoms with Crippen LogP contribution in [-0.4, -0.2) is 146 Å². The third-order valence-corrected chi connectivity index (χ3v) is 184. The maximum atomic E-state index is 13.6. The molecule has 3 aromatic rings. The number of aliphatic hydroxyl groups is 3. The van der Waals surface area contributed by atoms with Gasteiger partial charge in [-0.3, -0.25) is 42.3 Å². The molecule has 0 spiro atoms. The number of rotatable bonds is 34. The van der Waals surface area contributed by atoms with Gasteiger partial charge in [0, 0.05) is 34.5 Å². The van der Waals surface area contributed by atoms with Gasteiger partial charge in [-0.1, -0.05) is 77.9 Å². The minimum absolute atomic E-state index is 0. The standard InChI is InChI=1S/C26H39FINO6.C20H27F3INO4.C17H25IO3.C9H16FNO3.I6.H3N/c1-25(2,3)35-23(32)14-18(13-17-7-9-19(28)10-8-17)21(30)11-12-29-24(33)20(15-22(31)34-6)26(4,5)16-27;1-5-15(26)13(10-12-6-8-14(24)9-7-12)11-16(27)17(25-18(28)29-4)19(2,3)20(21,22)23;1-5-15(19)13(11-16(20)21-17(2,3)4)10-12-6-8-14(18)9-7-12;1-9(2,5-10)6(8(11)13)4-7(12)14-3;1-5(2)6(3)4;/h7-10,18,20-21,30H,11-16H2,1-6H3,(H,29,33);6-9,13,15,17,26H,5,10-11H2,1-4H3,(H,25,28);6-9,13,15,19H,5,10-11H2,1-4H3;6H,4-5H2,1-3H3,(H2,11,13);;1H3/t18-,20-,21+;13-,15+,17-;13-,15+;6-;;/m1111../s1. The summed E-state index contributed by atoms with van der Waals surface area (Å²) < 4.78 is 94.3. The molecule has 0 aliphatic carbocycles. The maximum absolute atomic E-state index is 13.6. The first kappa shape index (κ1) is 110. The molecule has 20 nitrogen and oxygen atoms in total. The average Bonchev–Trinajstić information content (AvgIpc) is 0.789. The van der Waals surface area contributed by atoms with Gasteiger partial charge in [-0.05, 0) is 233 Å². The van der Waals surface area contributed by atoms with Crippen molar-refractivity contribution in [3.8, 4) is 0 Å². The predicted octanol–water partition coefficient (Wildman–Crippen LogP) is 18.8. The molecule has 3 amide bonds. The van der Waals surface area contributed by atoms with Crippen LogP contribution in [0.4, 0.5) is 26.7 Å². The van der Waals surface area contributed by atoms with Crippen molar-refractivity contribution in [3.05, 3.63) is 100 Å². The van der Waals surface area contributed by atoms with Gasteiger partial charge in [-0.15, -0.1) is 0 Å². The van der Waals surface area contributed by atoms with E-state index < -0.39 is 137 Å². The van der Waals surface area contributed by atoms with E-state index >= 15 is 0 Å². The Morgan fingerprint density at radius 3 is 1.10 bits per heavy atom. The number of carbonyl (C=O) groups excluding carboxylic acids is 8. The summed E-state index contributed by atoms with van der Waals surface area (Å²) in [5.74, 6) is -6.63. The molecule has 0 saturated carbocycles. The van der Waals surface area contributed by atoms with Crippen LogP contribution in [0.5, 0.6) is 0 Å². The number of alkyl carbamates (subject to hydrolysis) is 1. The summed E-state index contributed by atoms with van der Waals surface area (Å²) in [5, 5.41) is 36.2. The summed E-state index contributed by atoms with van der Waals surface area (Å²) in [4.78, 5) is 95.4. The molecule has 612 valence electrons. The molecule has 0 bridgehead atoms. The number of nitrogens with one attached hydrogen (secondary N) is 2. The van der Waals surface area contributed by atoms with Gasteiger partial charge in [0.1, 0.15) is 17.2 Å². The number of halogens is 14. The third-order valence-electron chi connectivity index (χ3n) is 16.3. The number of alkyl halides is 5. The third kappa shape index (κ3) is 46.7. The Hall–Kier alpha value is -0.520. The number of primary amides is 1. The molecule has 34 heteroatoms. The fraction of sp³-hybridized carbons (Fsp3) is 0.639. The van der Waals surface area contributed by atoms with Gasteiger partial charge in [0.15, 0.2) is 5.78 Å². The average molecular weight is 2520 g/mol. The number of hydrogen-bond donors (Lipinski definition) is 7. The van der Waals surface area contributed by atoms with E-state index in [1.54, 1.807) is 55.4 Å². The molecule has 10 N–H and O–H groups in total. The van der Waals surface area contributed by atoms with Crippen LogP contribution < -0.4 is 22.5 Å². The van der Waals surface area contributed by atoms with Crippen molar-refractivity contribution in [1.29, 1.82) is 0 Å². The molecule has 9 atom stereocenters. The number of amides is 3. The van der Waals surface area contributed by atoms with Gasteiger partial charge in [-0.2, -0.15) is 13.2 Å². The normalized spacial score (nSPS) is 14.5. The Kier molecular flexibility index (Phi) is 56.2. The van der Waals surface area contributed by atoms with E-state index in [1.807, 2.05) is 106 Å². The van der Waals surface area contributed by atoms with Crippen molar-refractivity contribution in [3.63, 3.8) is 0 Å². The van der Waals surface area contributed by atoms with Crippen LogP contribution in [0.2, 0.25) is 0 Å². The molecule has 106 heavy (non-hydrogen) atoms. The summed E-state index contributed by atoms with van der Waals surface area (Å²) in [5.41, 5.74) is 2.45. The zero-order valence-corrected chi connectivity index (χ0v) is 82.7. The summed E-state index contributed by atoms with van der Waals surface area (Å²) >= 11 is 17.1. The topological polar surface area (TPSA) is 328 Å². The first-order valence-corrected chi connectivity index (χ1v) is 67.9. The van der Waals surface area contributed by atoms with Crippen molar-refractivity contribution in [2.75, 3.05) is 41.2 Å². The van der Waals surface area contributed by atoms with Crippen LogP contribution in [0.15, 0.2) is 72.8 Å². The van der Waals surface area contributed by atoms with Gasteiger partial charge >= 0.3 is 126 Å². The summed E-state index contributed by atoms with van der Waals surface area (Å²) in [6.45, 7) is 21.2. The van der Waals surface area contributed by atoms with Crippen molar-refractivity contribution in [2.45, 2.75) is 209 Å². The largest absolute Gasteiger partial charge is 0.344 e. The summed E-state index contributed by atoms with van der Waals surface area (Å²) in [6, 6.07) is 21.6. The van der Waals surface area contributed by atoms with Crippen LogP contribution in [-0.2, 0) is 76.5 Å². The van der Waals surface area contributed by atoms with E-state index in [2.05, 4.69) is 162 Å². The Morgan fingerprint density at radius 1 is 0.500 bits per heavy atom. The van der Waals surface area contributed by atoms with E-state index in [0.717, 1.165) is 44.8 Å². The second-order valence-corrected chi connectivity index (χ2v) is 130. The van der Waals surface area contributed by atoms with Gasteiger partial charge in [-0.25, -0.2) is 4.79 Å². The van der Waals surface area contributed by atoms with E-state index in [9.17, 15) is 75.6 Å². The number of ketones is 1. The minimum Gasteiger partial charge on any atom is -0.344 e. The molecule has 0 unspecified atom stereocenters. The Balaban J connectivity index is -0.00000135. The van der Waals surface area contributed by atoms with Crippen LogP contribution in [0.1, 0.15) is 165 Å². The number of esters is 4. The molecule has 0 radical (unpaired) electrons. The molecule has 0 saturated heterocycles. The minimum atomic E-state index is -4.73. The van der Waals surface area contributed by atoms with Crippen LogP contribution in [0, 0.1) is 56.5 Å².